The van der Waals surface area contributed by atoms with Crippen LogP contribution in [0.25, 0.3) is 0 Å². The number of nitrogens with one attached hydrogen (secondary N) is 1. The van der Waals surface area contributed by atoms with Gasteiger partial charge in [-0.3, -0.25) is 4.79 Å². The Balaban J connectivity index is 2.80. The van der Waals surface area contributed by atoms with Crippen molar-refractivity contribution in [3.63, 3.8) is 0 Å². The van der Waals surface area contributed by atoms with Crippen LogP contribution in [0, 0.1) is 5.92 Å². The lowest BCUT2D eigenvalue weighted by molar-refractivity contribution is -0.274. The van der Waals surface area contributed by atoms with Crippen LogP contribution in [0.4, 0.5) is 18.9 Å². The molecule has 20 heavy (non-hydrogen) atoms. The van der Waals surface area contributed by atoms with E-state index in [1.165, 1.54) is 12.1 Å². The third kappa shape index (κ3) is 5.01. The largest absolute Gasteiger partial charge is 0.573 e. The van der Waals surface area contributed by atoms with Crippen LogP contribution in [0.15, 0.2) is 22.7 Å². The Morgan fingerprint density at radius 3 is 2.45 bits per heavy atom. The summed E-state index contributed by atoms with van der Waals surface area (Å²) < 4.78 is 40.2. The minimum Gasteiger partial charge on any atom is -0.405 e. The highest BCUT2D eigenvalue weighted by Crippen LogP contribution is 2.32. The molecule has 0 aliphatic rings. The predicted octanol–water partition coefficient (Wildman–Crippen LogP) is 3.27. The fourth-order valence-electron chi connectivity index (χ4n) is 1.28. The molecule has 8 heteroatoms. The lowest BCUT2D eigenvalue weighted by atomic mass is 10.0. The molecule has 3 N–H and O–H groups in total. The molecule has 0 heterocycles. The van der Waals surface area contributed by atoms with E-state index in [2.05, 4.69) is 26.0 Å². The Kier molecular flexibility index (Phi) is 5.41. The molecular weight excluding hydrogens is 341 g/mol. The molecule has 0 radical (unpaired) electrons. The van der Waals surface area contributed by atoms with Crippen molar-refractivity contribution in [2.45, 2.75) is 26.3 Å². The van der Waals surface area contributed by atoms with E-state index in [1.54, 1.807) is 13.8 Å². The maximum Gasteiger partial charge on any atom is 0.573 e. The quantitative estimate of drug-likeness (QED) is 0.871. The number of carbonyl (C=O) groups excluding carboxylic acids is 1. The van der Waals surface area contributed by atoms with E-state index in [-0.39, 0.29) is 22.2 Å². The molecule has 0 aliphatic carbocycles. The molecule has 0 fully saturated rings. The molecular formula is C12H14BrF3N2O2. The molecule has 1 aromatic rings. The monoisotopic (exact) mass is 354 g/mol. The molecule has 0 aromatic heterocycles. The van der Waals surface area contributed by atoms with Gasteiger partial charge in [0.1, 0.15) is 5.75 Å². The number of anilines is 1. The Hall–Kier alpha value is -1.28. The summed E-state index contributed by atoms with van der Waals surface area (Å²) in [5, 5.41) is 2.57. The molecule has 4 nitrogen and oxygen atoms in total. The summed E-state index contributed by atoms with van der Waals surface area (Å²) in [7, 11) is 0. The smallest absolute Gasteiger partial charge is 0.405 e. The van der Waals surface area contributed by atoms with E-state index < -0.39 is 12.3 Å². The van der Waals surface area contributed by atoms with Gasteiger partial charge < -0.3 is 15.8 Å². The van der Waals surface area contributed by atoms with Crippen molar-refractivity contribution < 1.29 is 22.7 Å². The molecule has 112 valence electrons. The molecule has 0 saturated carbocycles. The number of benzene rings is 1. The first-order chi connectivity index (χ1) is 9.10. The zero-order valence-corrected chi connectivity index (χ0v) is 12.4. The minimum atomic E-state index is -4.77. The molecule has 1 amide bonds. The van der Waals surface area contributed by atoms with E-state index in [9.17, 15) is 18.0 Å². The van der Waals surface area contributed by atoms with Crippen LogP contribution < -0.4 is 15.8 Å². The van der Waals surface area contributed by atoms with Gasteiger partial charge in [0, 0.05) is 11.7 Å². The fourth-order valence-corrected chi connectivity index (χ4v) is 1.74. The highest BCUT2D eigenvalue weighted by molar-refractivity contribution is 9.10. The normalized spacial score (nSPS) is 14.6. The van der Waals surface area contributed by atoms with Crippen molar-refractivity contribution in [2.75, 3.05) is 5.32 Å². The topological polar surface area (TPSA) is 64.4 Å². The van der Waals surface area contributed by atoms with Gasteiger partial charge in [-0.1, -0.05) is 6.92 Å². The third-order valence-electron chi connectivity index (χ3n) is 2.63. The maximum absolute atomic E-state index is 12.1. The second-order valence-electron chi connectivity index (χ2n) is 4.33. The summed E-state index contributed by atoms with van der Waals surface area (Å²) in [5.74, 6) is -1.10. The summed E-state index contributed by atoms with van der Waals surface area (Å²) in [6, 6.07) is 3.43. The number of rotatable bonds is 4. The second kappa shape index (κ2) is 6.45. The van der Waals surface area contributed by atoms with Gasteiger partial charge in [-0.15, -0.1) is 13.2 Å². The molecule has 0 bridgehead atoms. The van der Waals surface area contributed by atoms with Gasteiger partial charge >= 0.3 is 6.36 Å². The molecule has 1 aromatic carbocycles. The van der Waals surface area contributed by atoms with Crippen LogP contribution in [-0.2, 0) is 4.79 Å². The van der Waals surface area contributed by atoms with Crippen molar-refractivity contribution in [1.82, 2.24) is 0 Å². The van der Waals surface area contributed by atoms with E-state index in [0.717, 1.165) is 6.07 Å². The summed E-state index contributed by atoms with van der Waals surface area (Å²) in [6.45, 7) is 3.36. The minimum absolute atomic E-state index is 0.0843. The predicted molar refractivity (Wildman–Crippen MR) is 72.3 cm³/mol. The zero-order valence-electron chi connectivity index (χ0n) is 10.8. The molecule has 2 atom stereocenters. The summed E-state index contributed by atoms with van der Waals surface area (Å²) in [5.41, 5.74) is 5.95. The number of hydrogen-bond acceptors (Lipinski definition) is 3. The van der Waals surface area contributed by atoms with E-state index in [0.29, 0.717) is 5.69 Å². The van der Waals surface area contributed by atoms with E-state index >= 15 is 0 Å². The summed E-state index contributed by atoms with van der Waals surface area (Å²) in [4.78, 5) is 11.8. The Bertz CT molecular complexity index is 492. The number of carbonyl (C=O) groups is 1. The second-order valence-corrected chi connectivity index (χ2v) is 5.18. The van der Waals surface area contributed by atoms with Crippen LogP contribution in [0.1, 0.15) is 13.8 Å². The highest BCUT2D eigenvalue weighted by atomic mass is 79.9. The highest BCUT2D eigenvalue weighted by Gasteiger charge is 2.32. The van der Waals surface area contributed by atoms with Crippen molar-refractivity contribution in [3.8, 4) is 5.75 Å². The van der Waals surface area contributed by atoms with Gasteiger partial charge in [0.25, 0.3) is 0 Å². The van der Waals surface area contributed by atoms with Gasteiger partial charge in [-0.2, -0.15) is 0 Å². The average Bonchev–Trinajstić information content (AvgIpc) is 2.30. The molecule has 2 unspecified atom stereocenters. The molecule has 1 rings (SSSR count). The van der Waals surface area contributed by atoms with Gasteiger partial charge in [-0.25, -0.2) is 0 Å². The Labute approximate surface area is 122 Å². The van der Waals surface area contributed by atoms with Crippen molar-refractivity contribution in [1.29, 1.82) is 0 Å². The lowest BCUT2D eigenvalue weighted by Gasteiger charge is -2.16. The Morgan fingerprint density at radius 1 is 1.40 bits per heavy atom. The van der Waals surface area contributed by atoms with Gasteiger partial charge in [0.15, 0.2) is 0 Å². The fraction of sp³-hybridized carbons (Fsp3) is 0.417. The summed E-state index contributed by atoms with van der Waals surface area (Å²) >= 11 is 2.95. The van der Waals surface area contributed by atoms with Crippen LogP contribution in [0.3, 0.4) is 0 Å². The number of hydrogen-bond donors (Lipinski definition) is 2. The maximum atomic E-state index is 12.1. The summed E-state index contributed by atoms with van der Waals surface area (Å²) in [6.07, 6.45) is -4.77. The van der Waals surface area contributed by atoms with Gasteiger partial charge in [0.2, 0.25) is 5.91 Å². The first kappa shape index (κ1) is 16.8. The van der Waals surface area contributed by atoms with E-state index in [1.807, 2.05) is 0 Å². The Morgan fingerprint density at radius 2 is 2.00 bits per heavy atom. The zero-order chi connectivity index (χ0) is 15.5. The van der Waals surface area contributed by atoms with Gasteiger partial charge in [-0.05, 0) is 41.1 Å². The molecule has 0 saturated heterocycles. The number of alkyl halides is 3. The van der Waals surface area contributed by atoms with Crippen LogP contribution in [0.5, 0.6) is 5.75 Å². The average molecular weight is 355 g/mol. The molecule has 0 spiro atoms. The van der Waals surface area contributed by atoms with Crippen molar-refractivity contribution in [2.24, 2.45) is 11.7 Å². The standard InChI is InChI=1S/C12H14BrF3N2O2/c1-6(7(2)17)11(19)18-8-3-4-10(9(13)5-8)20-12(14,15)16/h3-7H,17H2,1-2H3,(H,18,19). The number of ether oxygens (including phenoxy) is 1. The van der Waals surface area contributed by atoms with Crippen LogP contribution in [-0.4, -0.2) is 18.3 Å². The molecule has 0 aliphatic heterocycles. The van der Waals surface area contributed by atoms with Crippen molar-refractivity contribution >= 4 is 27.5 Å². The lowest BCUT2D eigenvalue weighted by Crippen LogP contribution is -2.34. The number of nitrogens with two attached hydrogens (primary N) is 1. The number of amides is 1. The van der Waals surface area contributed by atoms with E-state index in [4.69, 9.17) is 5.73 Å². The number of halogens is 4. The van der Waals surface area contributed by atoms with Gasteiger partial charge in [0.05, 0.1) is 10.4 Å². The van der Waals surface area contributed by atoms with Crippen LogP contribution >= 0.6 is 15.9 Å². The SMILES string of the molecule is CC(N)C(C)C(=O)Nc1ccc(OC(F)(F)F)c(Br)c1. The third-order valence-corrected chi connectivity index (χ3v) is 3.25. The first-order valence-corrected chi connectivity index (χ1v) is 6.51. The van der Waals surface area contributed by atoms with Crippen LogP contribution in [0.2, 0.25) is 0 Å². The van der Waals surface area contributed by atoms with Crippen molar-refractivity contribution in [3.05, 3.63) is 22.7 Å². The first-order valence-electron chi connectivity index (χ1n) is 5.72.